The second-order valence-corrected chi connectivity index (χ2v) is 6.02. The molecule has 1 aromatic heterocycles. The molecule has 0 aliphatic carbocycles. The quantitative estimate of drug-likeness (QED) is 0.695. The molecule has 2 rings (SSSR count). The van der Waals surface area contributed by atoms with Gasteiger partial charge in [-0.05, 0) is 37.3 Å². The van der Waals surface area contributed by atoms with Crippen molar-refractivity contribution in [1.82, 2.24) is 0 Å². The molecule has 1 unspecified atom stereocenters. The van der Waals surface area contributed by atoms with Gasteiger partial charge in [-0.15, -0.1) is 11.3 Å². The van der Waals surface area contributed by atoms with E-state index in [9.17, 15) is 13.2 Å². The average Bonchev–Trinajstić information content (AvgIpc) is 2.91. The van der Waals surface area contributed by atoms with Crippen molar-refractivity contribution >= 4 is 17.0 Å². The standard InChI is InChI=1S/C16H18F3NS/c1-12(6-4-10-16(17,18)19)20-14-8-3-2-7-13(14)15-9-5-11-21-15/h2-3,5,7-9,11-12,20H,4,6,10H2,1H3. The van der Waals surface area contributed by atoms with E-state index in [1.54, 1.807) is 11.3 Å². The van der Waals surface area contributed by atoms with Crippen LogP contribution in [0.1, 0.15) is 26.2 Å². The Labute approximate surface area is 126 Å². The molecule has 1 N–H and O–H groups in total. The van der Waals surface area contributed by atoms with Gasteiger partial charge in [0.1, 0.15) is 0 Å². The molecule has 0 saturated heterocycles. The van der Waals surface area contributed by atoms with E-state index in [2.05, 4.69) is 5.32 Å². The molecule has 1 aromatic carbocycles. The number of benzene rings is 1. The van der Waals surface area contributed by atoms with Crippen LogP contribution in [0.5, 0.6) is 0 Å². The smallest absolute Gasteiger partial charge is 0.382 e. The number of thiophene rings is 1. The first-order chi connectivity index (χ1) is 9.96. The number of nitrogens with one attached hydrogen (secondary N) is 1. The molecule has 0 amide bonds. The number of halogens is 3. The summed E-state index contributed by atoms with van der Waals surface area (Å²) < 4.78 is 36.5. The van der Waals surface area contributed by atoms with E-state index in [1.165, 1.54) is 0 Å². The van der Waals surface area contributed by atoms with Crippen LogP contribution < -0.4 is 5.32 Å². The largest absolute Gasteiger partial charge is 0.389 e. The molecule has 1 atom stereocenters. The number of alkyl halides is 3. The monoisotopic (exact) mass is 313 g/mol. The van der Waals surface area contributed by atoms with Crippen LogP contribution in [-0.2, 0) is 0 Å². The van der Waals surface area contributed by atoms with Gasteiger partial charge in [0, 0.05) is 28.6 Å². The van der Waals surface area contributed by atoms with Crippen molar-refractivity contribution in [3.8, 4) is 10.4 Å². The Morgan fingerprint density at radius 2 is 1.90 bits per heavy atom. The number of para-hydroxylation sites is 1. The SMILES string of the molecule is CC(CCCC(F)(F)F)Nc1ccccc1-c1cccs1. The average molecular weight is 313 g/mol. The molecule has 0 saturated carbocycles. The first-order valence-corrected chi connectivity index (χ1v) is 7.80. The van der Waals surface area contributed by atoms with Crippen LogP contribution in [0.2, 0.25) is 0 Å². The van der Waals surface area contributed by atoms with Gasteiger partial charge in [-0.1, -0.05) is 24.3 Å². The van der Waals surface area contributed by atoms with Gasteiger partial charge in [0.25, 0.3) is 0 Å². The van der Waals surface area contributed by atoms with E-state index < -0.39 is 12.6 Å². The molecule has 2 aromatic rings. The van der Waals surface area contributed by atoms with Gasteiger partial charge in [-0.25, -0.2) is 0 Å². The maximum Gasteiger partial charge on any atom is 0.389 e. The molecule has 21 heavy (non-hydrogen) atoms. The topological polar surface area (TPSA) is 12.0 Å². The fourth-order valence-corrected chi connectivity index (χ4v) is 2.97. The summed E-state index contributed by atoms with van der Waals surface area (Å²) in [6, 6.07) is 11.9. The van der Waals surface area contributed by atoms with Crippen molar-refractivity contribution < 1.29 is 13.2 Å². The van der Waals surface area contributed by atoms with Gasteiger partial charge in [-0.3, -0.25) is 0 Å². The molecule has 0 aliphatic rings. The maximum atomic E-state index is 12.2. The van der Waals surface area contributed by atoms with E-state index in [0.717, 1.165) is 16.1 Å². The Hall–Kier alpha value is -1.49. The molecule has 1 heterocycles. The lowest BCUT2D eigenvalue weighted by atomic mass is 10.1. The van der Waals surface area contributed by atoms with E-state index in [0.29, 0.717) is 6.42 Å². The van der Waals surface area contributed by atoms with Crippen molar-refractivity contribution in [2.45, 2.75) is 38.4 Å². The first kappa shape index (κ1) is 15.9. The van der Waals surface area contributed by atoms with Gasteiger partial charge in [0.05, 0.1) is 0 Å². The van der Waals surface area contributed by atoms with Crippen LogP contribution in [0.4, 0.5) is 18.9 Å². The summed E-state index contributed by atoms with van der Waals surface area (Å²) in [6.07, 6.45) is -4.13. The third-order valence-corrected chi connectivity index (χ3v) is 4.12. The van der Waals surface area contributed by atoms with Crippen LogP contribution >= 0.6 is 11.3 Å². The fraction of sp³-hybridized carbons (Fsp3) is 0.375. The predicted molar refractivity (Wildman–Crippen MR) is 82.7 cm³/mol. The van der Waals surface area contributed by atoms with Gasteiger partial charge < -0.3 is 5.32 Å². The molecular formula is C16H18F3NS. The molecule has 0 aliphatic heterocycles. The second kappa shape index (κ2) is 6.98. The molecule has 5 heteroatoms. The predicted octanol–water partition coefficient (Wildman–Crippen LogP) is 5.95. The molecule has 0 spiro atoms. The molecular weight excluding hydrogens is 295 g/mol. The zero-order valence-electron chi connectivity index (χ0n) is 11.8. The normalized spacial score (nSPS) is 13.1. The fourth-order valence-electron chi connectivity index (χ4n) is 2.20. The van der Waals surface area contributed by atoms with Crippen molar-refractivity contribution in [3.63, 3.8) is 0 Å². The molecule has 0 bridgehead atoms. The highest BCUT2D eigenvalue weighted by atomic mass is 32.1. The summed E-state index contributed by atoms with van der Waals surface area (Å²) in [5.41, 5.74) is 2.06. The lowest BCUT2D eigenvalue weighted by molar-refractivity contribution is -0.135. The maximum absolute atomic E-state index is 12.2. The van der Waals surface area contributed by atoms with E-state index in [4.69, 9.17) is 0 Å². The third-order valence-electron chi connectivity index (χ3n) is 3.21. The van der Waals surface area contributed by atoms with E-state index in [-0.39, 0.29) is 12.5 Å². The van der Waals surface area contributed by atoms with Crippen LogP contribution in [0.15, 0.2) is 41.8 Å². The minimum atomic E-state index is -4.06. The Balaban J connectivity index is 1.97. The Kier molecular flexibility index (Phi) is 5.28. The van der Waals surface area contributed by atoms with E-state index >= 15 is 0 Å². The lowest BCUT2D eigenvalue weighted by Crippen LogP contribution is -2.17. The van der Waals surface area contributed by atoms with Gasteiger partial charge >= 0.3 is 6.18 Å². The van der Waals surface area contributed by atoms with Crippen LogP contribution in [0, 0.1) is 0 Å². The minimum absolute atomic E-state index is 0.00784. The summed E-state index contributed by atoms with van der Waals surface area (Å²) in [5.74, 6) is 0. The zero-order valence-corrected chi connectivity index (χ0v) is 12.6. The van der Waals surface area contributed by atoms with Gasteiger partial charge in [-0.2, -0.15) is 13.2 Å². The summed E-state index contributed by atoms with van der Waals surface area (Å²) in [7, 11) is 0. The summed E-state index contributed by atoms with van der Waals surface area (Å²) in [4.78, 5) is 1.15. The summed E-state index contributed by atoms with van der Waals surface area (Å²) >= 11 is 1.65. The number of hydrogen-bond acceptors (Lipinski definition) is 2. The Morgan fingerprint density at radius 3 is 2.57 bits per heavy atom. The highest BCUT2D eigenvalue weighted by Crippen LogP contribution is 2.32. The molecule has 0 fully saturated rings. The molecule has 0 radical (unpaired) electrons. The van der Waals surface area contributed by atoms with Crippen LogP contribution in [0.3, 0.4) is 0 Å². The number of anilines is 1. The zero-order chi connectivity index (χ0) is 15.3. The van der Waals surface area contributed by atoms with Crippen molar-refractivity contribution in [2.75, 3.05) is 5.32 Å². The Morgan fingerprint density at radius 1 is 1.14 bits per heavy atom. The van der Waals surface area contributed by atoms with Crippen LogP contribution in [-0.4, -0.2) is 12.2 Å². The lowest BCUT2D eigenvalue weighted by Gasteiger charge is -2.18. The van der Waals surface area contributed by atoms with Crippen molar-refractivity contribution in [2.24, 2.45) is 0 Å². The van der Waals surface area contributed by atoms with Gasteiger partial charge in [0.15, 0.2) is 0 Å². The summed E-state index contributed by atoms with van der Waals surface area (Å²) in [6.45, 7) is 1.92. The van der Waals surface area contributed by atoms with E-state index in [1.807, 2.05) is 48.7 Å². The highest BCUT2D eigenvalue weighted by molar-refractivity contribution is 7.13. The number of rotatable bonds is 6. The highest BCUT2D eigenvalue weighted by Gasteiger charge is 2.26. The number of hydrogen-bond donors (Lipinski definition) is 1. The van der Waals surface area contributed by atoms with Crippen molar-refractivity contribution in [1.29, 1.82) is 0 Å². The second-order valence-electron chi connectivity index (χ2n) is 5.08. The van der Waals surface area contributed by atoms with Crippen LogP contribution in [0.25, 0.3) is 10.4 Å². The van der Waals surface area contributed by atoms with Gasteiger partial charge in [0.2, 0.25) is 0 Å². The third kappa shape index (κ3) is 5.08. The van der Waals surface area contributed by atoms with Crippen molar-refractivity contribution in [3.05, 3.63) is 41.8 Å². The molecule has 1 nitrogen and oxygen atoms in total. The summed E-state index contributed by atoms with van der Waals surface area (Å²) in [5, 5.41) is 5.34. The first-order valence-electron chi connectivity index (χ1n) is 6.92. The molecule has 114 valence electrons. The Bertz CT molecular complexity index is 549. The minimum Gasteiger partial charge on any atom is -0.382 e.